The minimum Gasteiger partial charge on any atom is -0.387 e. The first-order valence-electron chi connectivity index (χ1n) is 3.86. The van der Waals surface area contributed by atoms with Gasteiger partial charge < -0.3 is 5.11 Å². The second kappa shape index (κ2) is 2.88. The zero-order chi connectivity index (χ0) is 9.41. The lowest BCUT2D eigenvalue weighted by Crippen LogP contribution is -2.63. The Morgan fingerprint density at radius 1 is 1.42 bits per heavy atom. The molecule has 0 atom stereocenters. The maximum absolute atomic E-state index is 11.8. The molecule has 1 heterocycles. The lowest BCUT2D eigenvalue weighted by Gasteiger charge is -2.46. The summed E-state index contributed by atoms with van der Waals surface area (Å²) < 4.78 is 35.3. The molecule has 1 rings (SSSR count). The maximum atomic E-state index is 11.8. The van der Waals surface area contributed by atoms with Crippen LogP contribution in [0.25, 0.3) is 0 Å². The molecule has 0 aromatic heterocycles. The topological polar surface area (TPSA) is 23.5 Å². The van der Waals surface area contributed by atoms with E-state index in [0.29, 0.717) is 6.42 Å². The lowest BCUT2D eigenvalue weighted by molar-refractivity contribution is -0.185. The van der Waals surface area contributed by atoms with Gasteiger partial charge in [0.25, 0.3) is 0 Å². The molecule has 0 saturated carbocycles. The van der Waals surface area contributed by atoms with Crippen LogP contribution >= 0.6 is 0 Å². The van der Waals surface area contributed by atoms with Crippen molar-refractivity contribution in [1.29, 1.82) is 0 Å². The maximum Gasteiger partial charge on any atom is 0.401 e. The number of hydrogen-bond acceptors (Lipinski definition) is 2. The second-order valence-electron chi connectivity index (χ2n) is 3.34. The van der Waals surface area contributed by atoms with Gasteiger partial charge in [0.2, 0.25) is 0 Å². The Hall–Kier alpha value is -0.290. The van der Waals surface area contributed by atoms with Crippen molar-refractivity contribution < 1.29 is 18.3 Å². The highest BCUT2D eigenvalue weighted by Gasteiger charge is 2.44. The van der Waals surface area contributed by atoms with Gasteiger partial charge in [0.1, 0.15) is 0 Å². The summed E-state index contributed by atoms with van der Waals surface area (Å²) in [5, 5.41) is 9.38. The van der Waals surface area contributed by atoms with Gasteiger partial charge in [0.15, 0.2) is 0 Å². The summed E-state index contributed by atoms with van der Waals surface area (Å²) in [6, 6.07) is 0. The number of β-amino-alcohol motifs (C(OH)–C–C–N with tert-alkyl or cyclic N) is 1. The minimum absolute atomic E-state index is 0.142. The van der Waals surface area contributed by atoms with Gasteiger partial charge in [-0.1, -0.05) is 6.92 Å². The van der Waals surface area contributed by atoms with Gasteiger partial charge >= 0.3 is 6.18 Å². The van der Waals surface area contributed by atoms with E-state index in [2.05, 4.69) is 0 Å². The zero-order valence-electron chi connectivity index (χ0n) is 6.86. The SMILES string of the molecule is CCC1(O)CN(CC(F)(F)F)C1. The van der Waals surface area contributed by atoms with Crippen LogP contribution in [0.5, 0.6) is 0 Å². The first kappa shape index (κ1) is 9.80. The highest BCUT2D eigenvalue weighted by Crippen LogP contribution is 2.27. The van der Waals surface area contributed by atoms with Crippen molar-refractivity contribution in [2.24, 2.45) is 0 Å². The smallest absolute Gasteiger partial charge is 0.387 e. The van der Waals surface area contributed by atoms with E-state index in [-0.39, 0.29) is 13.1 Å². The molecule has 1 aliphatic rings. The normalized spacial score (nSPS) is 23.8. The molecule has 12 heavy (non-hydrogen) atoms. The first-order chi connectivity index (χ1) is 5.35. The van der Waals surface area contributed by atoms with Crippen LogP contribution in [0.15, 0.2) is 0 Å². The summed E-state index contributed by atoms with van der Waals surface area (Å²) in [6.45, 7) is 1.15. The van der Waals surface area contributed by atoms with Crippen LogP contribution in [-0.4, -0.2) is 41.4 Å². The van der Waals surface area contributed by atoms with Crippen LogP contribution in [0.1, 0.15) is 13.3 Å². The summed E-state index contributed by atoms with van der Waals surface area (Å²) in [6.07, 6.45) is -3.63. The second-order valence-corrected chi connectivity index (χ2v) is 3.34. The number of halogens is 3. The first-order valence-corrected chi connectivity index (χ1v) is 3.86. The summed E-state index contributed by atoms with van der Waals surface area (Å²) in [5.41, 5.74) is -0.870. The highest BCUT2D eigenvalue weighted by molar-refractivity contribution is 4.94. The number of alkyl halides is 3. The van der Waals surface area contributed by atoms with E-state index in [0.717, 1.165) is 0 Å². The molecule has 0 aromatic carbocycles. The third kappa shape index (κ3) is 2.35. The molecule has 0 radical (unpaired) electrons. The molecule has 72 valence electrons. The standard InChI is InChI=1S/C7H12F3NO/c1-2-6(12)3-11(4-6)5-7(8,9)10/h12H,2-5H2,1H3. The Balaban J connectivity index is 2.26. The zero-order valence-corrected chi connectivity index (χ0v) is 6.86. The number of aliphatic hydroxyl groups is 1. The van der Waals surface area contributed by atoms with Crippen molar-refractivity contribution in [2.45, 2.75) is 25.1 Å². The van der Waals surface area contributed by atoms with E-state index in [1.807, 2.05) is 0 Å². The van der Waals surface area contributed by atoms with Crippen LogP contribution in [0.4, 0.5) is 13.2 Å². The lowest BCUT2D eigenvalue weighted by atomic mass is 9.91. The van der Waals surface area contributed by atoms with Crippen molar-refractivity contribution >= 4 is 0 Å². The van der Waals surface area contributed by atoms with E-state index in [1.54, 1.807) is 6.92 Å². The average Bonchev–Trinajstić information content (AvgIpc) is 1.81. The molecule has 0 bridgehead atoms. The van der Waals surface area contributed by atoms with Crippen LogP contribution < -0.4 is 0 Å². The van der Waals surface area contributed by atoms with E-state index in [4.69, 9.17) is 0 Å². The highest BCUT2D eigenvalue weighted by atomic mass is 19.4. The molecule has 0 aromatic rings. The predicted molar refractivity (Wildman–Crippen MR) is 37.7 cm³/mol. The molecule has 0 aliphatic carbocycles. The average molecular weight is 183 g/mol. The minimum atomic E-state index is -4.14. The number of likely N-dealkylation sites (tertiary alicyclic amines) is 1. The van der Waals surface area contributed by atoms with Gasteiger partial charge in [-0.2, -0.15) is 13.2 Å². The fourth-order valence-electron chi connectivity index (χ4n) is 1.38. The molecule has 0 amide bonds. The third-order valence-electron chi connectivity index (χ3n) is 2.10. The fraction of sp³-hybridized carbons (Fsp3) is 1.00. The van der Waals surface area contributed by atoms with Crippen molar-refractivity contribution in [1.82, 2.24) is 4.90 Å². The van der Waals surface area contributed by atoms with Gasteiger partial charge in [0, 0.05) is 13.1 Å². The van der Waals surface area contributed by atoms with Crippen LogP contribution in [0.2, 0.25) is 0 Å². The molecule has 0 spiro atoms. The summed E-state index contributed by atoms with van der Waals surface area (Å²) in [7, 11) is 0. The van der Waals surface area contributed by atoms with Crippen molar-refractivity contribution in [3.63, 3.8) is 0 Å². The van der Waals surface area contributed by atoms with Gasteiger partial charge in [-0.3, -0.25) is 4.90 Å². The molecule has 1 N–H and O–H groups in total. The quantitative estimate of drug-likeness (QED) is 0.690. The molecule has 1 fully saturated rings. The monoisotopic (exact) mass is 183 g/mol. The molecule has 5 heteroatoms. The van der Waals surface area contributed by atoms with Gasteiger partial charge in [0.05, 0.1) is 12.1 Å². The molecule has 1 aliphatic heterocycles. The number of rotatable bonds is 2. The van der Waals surface area contributed by atoms with E-state index in [9.17, 15) is 18.3 Å². The molecule has 2 nitrogen and oxygen atoms in total. The summed E-state index contributed by atoms with van der Waals surface area (Å²) in [5.74, 6) is 0. The fourth-order valence-corrected chi connectivity index (χ4v) is 1.38. The summed E-state index contributed by atoms with van der Waals surface area (Å²) in [4.78, 5) is 1.20. The molecule has 0 unspecified atom stereocenters. The van der Waals surface area contributed by atoms with Gasteiger partial charge in [-0.25, -0.2) is 0 Å². The van der Waals surface area contributed by atoms with Crippen molar-refractivity contribution in [3.05, 3.63) is 0 Å². The van der Waals surface area contributed by atoms with Crippen molar-refractivity contribution in [2.75, 3.05) is 19.6 Å². The molecule has 1 saturated heterocycles. The van der Waals surface area contributed by atoms with E-state index in [1.165, 1.54) is 4.90 Å². The predicted octanol–water partition coefficient (Wildman–Crippen LogP) is 1.01. The van der Waals surface area contributed by atoms with Gasteiger partial charge in [-0.05, 0) is 6.42 Å². The largest absolute Gasteiger partial charge is 0.401 e. The third-order valence-corrected chi connectivity index (χ3v) is 2.10. The Bertz CT molecular complexity index is 163. The van der Waals surface area contributed by atoms with Crippen molar-refractivity contribution in [3.8, 4) is 0 Å². The Morgan fingerprint density at radius 2 is 1.92 bits per heavy atom. The molecular formula is C7H12F3NO. The van der Waals surface area contributed by atoms with Crippen LogP contribution in [0, 0.1) is 0 Å². The molecular weight excluding hydrogens is 171 g/mol. The van der Waals surface area contributed by atoms with Crippen LogP contribution in [0.3, 0.4) is 0 Å². The number of hydrogen-bond donors (Lipinski definition) is 1. The van der Waals surface area contributed by atoms with Crippen LogP contribution in [-0.2, 0) is 0 Å². The van der Waals surface area contributed by atoms with E-state index < -0.39 is 18.3 Å². The number of nitrogens with zero attached hydrogens (tertiary/aromatic N) is 1. The van der Waals surface area contributed by atoms with Gasteiger partial charge in [-0.15, -0.1) is 0 Å². The Morgan fingerprint density at radius 3 is 2.25 bits per heavy atom. The Kier molecular flexibility index (Phi) is 2.35. The van der Waals surface area contributed by atoms with E-state index >= 15 is 0 Å². The summed E-state index contributed by atoms with van der Waals surface area (Å²) >= 11 is 0. The Labute approximate surface area is 69.0 Å².